The van der Waals surface area contributed by atoms with Crippen LogP contribution in [0.1, 0.15) is 25.7 Å². The van der Waals surface area contributed by atoms with Gasteiger partial charge in [-0.3, -0.25) is 9.59 Å². The number of esters is 1. The zero-order valence-corrected chi connectivity index (χ0v) is 11.3. The lowest BCUT2D eigenvalue weighted by Crippen LogP contribution is -2.49. The van der Waals surface area contributed by atoms with Crippen LogP contribution in [0.3, 0.4) is 0 Å². The average Bonchev–Trinajstić information content (AvgIpc) is 2.44. The molecule has 1 aliphatic heterocycles. The number of ether oxygens (including phenoxy) is 1. The molecule has 0 aromatic heterocycles. The van der Waals surface area contributed by atoms with E-state index in [0.29, 0.717) is 12.8 Å². The highest BCUT2D eigenvalue weighted by atomic mass is 35.5. The topological polar surface area (TPSA) is 92.9 Å². The number of aliphatic hydroxyl groups excluding tert-OH is 1. The van der Waals surface area contributed by atoms with Crippen molar-refractivity contribution in [2.75, 3.05) is 20.3 Å². The second kappa shape index (κ2) is 8.29. The SMILES string of the molecule is COC(=O)CN1C(=O)[C@@H](N)CCC[C@@H]1CCO.Cl. The van der Waals surface area contributed by atoms with Gasteiger partial charge < -0.3 is 20.5 Å². The molecule has 1 fully saturated rings. The summed E-state index contributed by atoms with van der Waals surface area (Å²) in [6.45, 7) is -0.0987. The van der Waals surface area contributed by atoms with Gasteiger partial charge in [-0.25, -0.2) is 0 Å². The van der Waals surface area contributed by atoms with Crippen LogP contribution < -0.4 is 5.73 Å². The first-order valence-corrected chi connectivity index (χ1v) is 5.84. The standard InChI is InChI=1S/C11H20N2O4.ClH/c1-17-10(15)7-13-8(5-6-14)3-2-4-9(12)11(13)16;/h8-9,14H,2-7,12H2,1H3;1H/t8-,9+;/m1./s1. The Balaban J connectivity index is 0.00000289. The van der Waals surface area contributed by atoms with E-state index in [0.717, 1.165) is 12.8 Å². The second-order valence-corrected chi connectivity index (χ2v) is 4.25. The van der Waals surface area contributed by atoms with E-state index in [4.69, 9.17) is 10.8 Å². The van der Waals surface area contributed by atoms with Gasteiger partial charge in [-0.15, -0.1) is 12.4 Å². The van der Waals surface area contributed by atoms with Crippen molar-refractivity contribution in [1.29, 1.82) is 0 Å². The van der Waals surface area contributed by atoms with Gasteiger partial charge in [0.15, 0.2) is 0 Å². The molecule has 1 heterocycles. The second-order valence-electron chi connectivity index (χ2n) is 4.25. The summed E-state index contributed by atoms with van der Waals surface area (Å²) in [5, 5.41) is 8.99. The van der Waals surface area contributed by atoms with E-state index in [1.54, 1.807) is 0 Å². The number of aliphatic hydroxyl groups is 1. The molecule has 1 rings (SSSR count). The fourth-order valence-electron chi connectivity index (χ4n) is 2.11. The number of halogens is 1. The van der Waals surface area contributed by atoms with E-state index in [-0.39, 0.29) is 37.5 Å². The molecule has 1 amide bonds. The molecule has 2 atom stereocenters. The maximum Gasteiger partial charge on any atom is 0.325 e. The molecular weight excluding hydrogens is 260 g/mol. The third-order valence-electron chi connectivity index (χ3n) is 3.08. The van der Waals surface area contributed by atoms with Crippen LogP contribution >= 0.6 is 12.4 Å². The lowest BCUT2D eigenvalue weighted by atomic mass is 10.1. The van der Waals surface area contributed by atoms with Crippen LogP contribution in [0, 0.1) is 0 Å². The third-order valence-corrected chi connectivity index (χ3v) is 3.08. The van der Waals surface area contributed by atoms with E-state index >= 15 is 0 Å². The Kier molecular flexibility index (Phi) is 7.90. The largest absolute Gasteiger partial charge is 0.468 e. The minimum atomic E-state index is -0.552. The van der Waals surface area contributed by atoms with Gasteiger partial charge in [-0.1, -0.05) is 0 Å². The first-order valence-electron chi connectivity index (χ1n) is 5.84. The van der Waals surface area contributed by atoms with Gasteiger partial charge in [-0.2, -0.15) is 0 Å². The Hall–Kier alpha value is -0.850. The summed E-state index contributed by atoms with van der Waals surface area (Å²) < 4.78 is 4.57. The molecule has 6 nitrogen and oxygen atoms in total. The van der Waals surface area contributed by atoms with E-state index < -0.39 is 12.0 Å². The van der Waals surface area contributed by atoms with Gasteiger partial charge in [0, 0.05) is 12.6 Å². The van der Waals surface area contributed by atoms with E-state index in [1.807, 2.05) is 0 Å². The fraction of sp³-hybridized carbons (Fsp3) is 0.818. The lowest BCUT2D eigenvalue weighted by Gasteiger charge is -2.29. The summed E-state index contributed by atoms with van der Waals surface area (Å²) in [7, 11) is 1.28. The number of hydrogen-bond acceptors (Lipinski definition) is 5. The number of amides is 1. The number of hydrogen-bond donors (Lipinski definition) is 2. The lowest BCUT2D eigenvalue weighted by molar-refractivity contribution is -0.149. The van der Waals surface area contributed by atoms with Gasteiger partial charge in [0.05, 0.1) is 13.2 Å². The maximum absolute atomic E-state index is 12.0. The third kappa shape index (κ3) is 4.44. The van der Waals surface area contributed by atoms with Gasteiger partial charge in [0.25, 0.3) is 0 Å². The van der Waals surface area contributed by atoms with Crippen LogP contribution in [0.5, 0.6) is 0 Å². The Labute approximate surface area is 113 Å². The number of carbonyl (C=O) groups is 2. The predicted octanol–water partition coefficient (Wildman–Crippen LogP) is -0.328. The molecule has 0 unspecified atom stereocenters. The van der Waals surface area contributed by atoms with Crippen LogP contribution in [0.2, 0.25) is 0 Å². The van der Waals surface area contributed by atoms with Gasteiger partial charge in [-0.05, 0) is 25.7 Å². The Morgan fingerprint density at radius 2 is 2.22 bits per heavy atom. The number of carbonyl (C=O) groups excluding carboxylic acids is 2. The quantitative estimate of drug-likeness (QED) is 0.688. The van der Waals surface area contributed by atoms with Crippen molar-refractivity contribution < 1.29 is 19.4 Å². The monoisotopic (exact) mass is 280 g/mol. The smallest absolute Gasteiger partial charge is 0.325 e. The molecular formula is C11H21ClN2O4. The Morgan fingerprint density at radius 1 is 1.56 bits per heavy atom. The maximum atomic E-state index is 12.0. The highest BCUT2D eigenvalue weighted by Gasteiger charge is 2.32. The van der Waals surface area contributed by atoms with E-state index in [9.17, 15) is 9.59 Å². The number of rotatable bonds is 4. The summed E-state index contributed by atoms with van der Waals surface area (Å²) in [5.74, 6) is -0.693. The summed E-state index contributed by atoms with van der Waals surface area (Å²) in [5.41, 5.74) is 5.74. The Morgan fingerprint density at radius 3 is 2.78 bits per heavy atom. The van der Waals surface area contributed by atoms with Crippen molar-refractivity contribution >= 4 is 24.3 Å². The van der Waals surface area contributed by atoms with Crippen molar-refractivity contribution in [3.05, 3.63) is 0 Å². The number of methoxy groups -OCH3 is 1. The van der Waals surface area contributed by atoms with Crippen LogP contribution in [-0.2, 0) is 14.3 Å². The molecule has 106 valence electrons. The van der Waals surface area contributed by atoms with E-state index in [2.05, 4.69) is 4.74 Å². The molecule has 0 aromatic carbocycles. The van der Waals surface area contributed by atoms with Crippen LogP contribution in [0.25, 0.3) is 0 Å². The summed E-state index contributed by atoms with van der Waals surface area (Å²) in [4.78, 5) is 24.7. The van der Waals surface area contributed by atoms with Gasteiger partial charge in [0.1, 0.15) is 6.54 Å². The molecule has 0 spiro atoms. The molecule has 0 saturated carbocycles. The first kappa shape index (κ1) is 17.2. The van der Waals surface area contributed by atoms with Crippen LogP contribution in [-0.4, -0.2) is 54.2 Å². The molecule has 0 radical (unpaired) electrons. The van der Waals surface area contributed by atoms with Crippen molar-refractivity contribution in [2.45, 2.75) is 37.8 Å². The molecule has 1 saturated heterocycles. The predicted molar refractivity (Wildman–Crippen MR) is 68.3 cm³/mol. The van der Waals surface area contributed by atoms with Crippen molar-refractivity contribution in [2.24, 2.45) is 5.73 Å². The van der Waals surface area contributed by atoms with Crippen LogP contribution in [0.15, 0.2) is 0 Å². The molecule has 1 aliphatic rings. The highest BCUT2D eigenvalue weighted by Crippen LogP contribution is 2.19. The first-order chi connectivity index (χ1) is 8.10. The molecule has 0 aromatic rings. The summed E-state index contributed by atoms with van der Waals surface area (Å²) in [6.07, 6.45) is 2.68. The number of likely N-dealkylation sites (tertiary alicyclic amines) is 1. The molecule has 0 bridgehead atoms. The minimum absolute atomic E-state index is 0. The molecule has 0 aliphatic carbocycles. The number of nitrogens with two attached hydrogens (primary N) is 1. The highest BCUT2D eigenvalue weighted by molar-refractivity contribution is 5.86. The molecule has 7 heteroatoms. The number of nitrogens with zero attached hydrogens (tertiary/aromatic N) is 1. The summed E-state index contributed by atoms with van der Waals surface area (Å²) >= 11 is 0. The van der Waals surface area contributed by atoms with Gasteiger partial charge >= 0.3 is 5.97 Å². The van der Waals surface area contributed by atoms with Crippen molar-refractivity contribution in [3.63, 3.8) is 0 Å². The molecule has 3 N–H and O–H groups in total. The van der Waals surface area contributed by atoms with Crippen molar-refractivity contribution in [1.82, 2.24) is 4.90 Å². The van der Waals surface area contributed by atoms with Crippen molar-refractivity contribution in [3.8, 4) is 0 Å². The van der Waals surface area contributed by atoms with Crippen LogP contribution in [0.4, 0.5) is 0 Å². The van der Waals surface area contributed by atoms with Gasteiger partial charge in [0.2, 0.25) is 5.91 Å². The summed E-state index contributed by atoms with van der Waals surface area (Å²) in [6, 6.07) is -0.677. The normalized spacial score (nSPS) is 24.2. The zero-order valence-electron chi connectivity index (χ0n) is 10.5. The van der Waals surface area contributed by atoms with E-state index in [1.165, 1.54) is 12.0 Å². The fourth-order valence-corrected chi connectivity index (χ4v) is 2.11. The zero-order chi connectivity index (χ0) is 12.8. The minimum Gasteiger partial charge on any atom is -0.468 e. The Bertz CT molecular complexity index is 288. The average molecular weight is 281 g/mol. The molecule has 18 heavy (non-hydrogen) atoms.